The van der Waals surface area contributed by atoms with Gasteiger partial charge in [0.25, 0.3) is 5.91 Å². The van der Waals surface area contributed by atoms with Crippen LogP contribution in [0.2, 0.25) is 0 Å². The summed E-state index contributed by atoms with van der Waals surface area (Å²) in [7, 11) is 0. The minimum Gasteiger partial charge on any atom is -0.755 e. The summed E-state index contributed by atoms with van der Waals surface area (Å²) in [5.41, 5.74) is 5.05. The second-order valence-corrected chi connectivity index (χ2v) is 5.87. The van der Waals surface area contributed by atoms with Crippen LogP contribution in [0.4, 0.5) is 26.0 Å². The van der Waals surface area contributed by atoms with Gasteiger partial charge in [-0.3, -0.25) is 9.00 Å². The summed E-state index contributed by atoms with van der Waals surface area (Å²) in [6.45, 7) is 0. The van der Waals surface area contributed by atoms with Crippen molar-refractivity contribution in [3.05, 3.63) is 59.8 Å². The third-order valence-corrected chi connectivity index (χ3v) is 3.78. The van der Waals surface area contributed by atoms with E-state index in [9.17, 15) is 22.3 Å². The Labute approximate surface area is 153 Å². The summed E-state index contributed by atoms with van der Waals surface area (Å²) >= 11 is -2.47. The Bertz CT molecular complexity index is 1000. The van der Waals surface area contributed by atoms with Gasteiger partial charge < -0.3 is 24.7 Å². The largest absolute Gasteiger partial charge is 0.755 e. The van der Waals surface area contributed by atoms with Gasteiger partial charge in [-0.05, 0) is 36.4 Å². The summed E-state index contributed by atoms with van der Waals surface area (Å²) in [6, 6.07) is 9.05. The van der Waals surface area contributed by atoms with Crippen LogP contribution in [-0.4, -0.2) is 19.7 Å². The summed E-state index contributed by atoms with van der Waals surface area (Å²) in [4.78, 5) is 15.4. The van der Waals surface area contributed by atoms with Crippen LogP contribution < -0.4 is 15.8 Å². The first-order chi connectivity index (χ1) is 12.8. The van der Waals surface area contributed by atoms with Gasteiger partial charge in [0.15, 0.2) is 5.69 Å². The van der Waals surface area contributed by atoms with Gasteiger partial charge in [0.05, 0.1) is 0 Å². The Kier molecular flexibility index (Phi) is 5.14. The van der Waals surface area contributed by atoms with Gasteiger partial charge in [-0.2, -0.15) is 0 Å². The van der Waals surface area contributed by atoms with E-state index in [1.165, 1.54) is 30.3 Å². The number of nitrogens with zero attached hydrogens (tertiary/aromatic N) is 1. The first-order valence-electron chi connectivity index (χ1n) is 7.33. The molecule has 3 aromatic rings. The molecule has 0 saturated heterocycles. The van der Waals surface area contributed by atoms with Gasteiger partial charge in [0, 0.05) is 22.6 Å². The molecule has 0 fully saturated rings. The average Bonchev–Trinajstić information content (AvgIpc) is 3.00. The van der Waals surface area contributed by atoms with E-state index in [1.807, 2.05) is 0 Å². The molecule has 1 heterocycles. The van der Waals surface area contributed by atoms with E-state index in [0.29, 0.717) is 11.4 Å². The van der Waals surface area contributed by atoms with Gasteiger partial charge in [0.2, 0.25) is 11.8 Å². The van der Waals surface area contributed by atoms with Crippen LogP contribution in [0.25, 0.3) is 11.5 Å². The van der Waals surface area contributed by atoms with Crippen molar-refractivity contribution >= 4 is 34.4 Å². The predicted molar refractivity (Wildman–Crippen MR) is 92.6 cm³/mol. The van der Waals surface area contributed by atoms with Crippen molar-refractivity contribution in [3.63, 3.8) is 0 Å². The van der Waals surface area contributed by atoms with Crippen LogP contribution in [0, 0.1) is 11.6 Å². The Balaban J connectivity index is 1.95. The standard InChI is InChI=1S/C16H12F2N4O4S/c17-10-2-1-3-11(18)12(10)15-21-13(14(19)23)16(26-15)20-8-4-6-9(7-5-8)22-27(24)25/h1-7,20,22H,(H2,19,23)(H,24,25)/p-1. The van der Waals surface area contributed by atoms with Crippen LogP contribution >= 0.6 is 0 Å². The minimum absolute atomic E-state index is 0.215. The summed E-state index contributed by atoms with van der Waals surface area (Å²) < 4.78 is 56.5. The van der Waals surface area contributed by atoms with Crippen LogP contribution in [-0.2, 0) is 11.3 Å². The second-order valence-electron chi connectivity index (χ2n) is 5.20. The molecule has 1 unspecified atom stereocenters. The number of hydrogen-bond donors (Lipinski definition) is 3. The lowest BCUT2D eigenvalue weighted by atomic mass is 10.2. The van der Waals surface area contributed by atoms with E-state index < -0.39 is 40.3 Å². The number of anilines is 3. The molecular weight excluding hydrogens is 382 g/mol. The van der Waals surface area contributed by atoms with E-state index in [-0.39, 0.29) is 11.6 Å². The number of amides is 1. The molecule has 0 bridgehead atoms. The number of benzene rings is 2. The molecule has 2 aromatic carbocycles. The zero-order chi connectivity index (χ0) is 19.6. The van der Waals surface area contributed by atoms with Gasteiger partial charge in [-0.25, -0.2) is 13.8 Å². The maximum Gasteiger partial charge on any atom is 0.273 e. The molecule has 140 valence electrons. The molecule has 1 aromatic heterocycles. The minimum atomic E-state index is -2.47. The number of nitrogens with one attached hydrogen (secondary N) is 2. The predicted octanol–water partition coefficient (Wildman–Crippen LogP) is 2.67. The van der Waals surface area contributed by atoms with E-state index in [0.717, 1.165) is 12.1 Å². The van der Waals surface area contributed by atoms with Crippen molar-refractivity contribution in [2.24, 2.45) is 5.73 Å². The molecule has 0 radical (unpaired) electrons. The van der Waals surface area contributed by atoms with Crippen molar-refractivity contribution in [1.29, 1.82) is 0 Å². The topological polar surface area (TPSA) is 133 Å². The van der Waals surface area contributed by atoms with Gasteiger partial charge in [-0.15, -0.1) is 0 Å². The highest BCUT2D eigenvalue weighted by atomic mass is 32.2. The molecule has 1 atom stereocenters. The highest BCUT2D eigenvalue weighted by molar-refractivity contribution is 7.80. The first kappa shape index (κ1) is 18.5. The average molecular weight is 393 g/mol. The maximum atomic E-state index is 13.9. The molecular formula is C16H11F2N4O4S-. The summed E-state index contributed by atoms with van der Waals surface area (Å²) in [5, 5.41) is 2.71. The molecule has 0 aliphatic rings. The molecule has 8 nitrogen and oxygen atoms in total. The lowest BCUT2D eigenvalue weighted by Crippen LogP contribution is -2.13. The third-order valence-electron chi connectivity index (χ3n) is 3.38. The van der Waals surface area contributed by atoms with Gasteiger partial charge >= 0.3 is 0 Å². The zero-order valence-electron chi connectivity index (χ0n) is 13.4. The Morgan fingerprint density at radius 1 is 1.11 bits per heavy atom. The number of oxazole rings is 1. The number of rotatable bonds is 6. The number of primary amides is 1. The van der Waals surface area contributed by atoms with E-state index >= 15 is 0 Å². The Morgan fingerprint density at radius 2 is 1.70 bits per heavy atom. The monoisotopic (exact) mass is 393 g/mol. The van der Waals surface area contributed by atoms with E-state index in [2.05, 4.69) is 15.0 Å². The number of nitrogens with two attached hydrogens (primary N) is 1. The molecule has 11 heteroatoms. The number of hydrogen-bond acceptors (Lipinski definition) is 6. The van der Waals surface area contributed by atoms with Gasteiger partial charge in [-0.1, -0.05) is 6.07 Å². The lowest BCUT2D eigenvalue weighted by Gasteiger charge is -2.09. The molecule has 27 heavy (non-hydrogen) atoms. The zero-order valence-corrected chi connectivity index (χ0v) is 14.2. The molecule has 3 rings (SSSR count). The van der Waals surface area contributed by atoms with Crippen molar-refractivity contribution in [2.45, 2.75) is 0 Å². The molecule has 0 spiro atoms. The Hall–Kier alpha value is -3.31. The van der Waals surface area contributed by atoms with Crippen molar-refractivity contribution < 1.29 is 26.8 Å². The normalized spacial score (nSPS) is 11.8. The quantitative estimate of drug-likeness (QED) is 0.552. The number of halogens is 2. The molecule has 4 N–H and O–H groups in total. The fourth-order valence-corrected chi connectivity index (χ4v) is 2.56. The second kappa shape index (κ2) is 7.51. The molecule has 0 saturated carbocycles. The van der Waals surface area contributed by atoms with E-state index in [1.54, 1.807) is 0 Å². The maximum absolute atomic E-state index is 13.9. The van der Waals surface area contributed by atoms with Crippen LogP contribution in [0.5, 0.6) is 0 Å². The number of carbonyl (C=O) groups is 1. The third kappa shape index (κ3) is 4.10. The van der Waals surface area contributed by atoms with Crippen LogP contribution in [0.3, 0.4) is 0 Å². The summed E-state index contributed by atoms with van der Waals surface area (Å²) in [6.07, 6.45) is 0. The lowest BCUT2D eigenvalue weighted by molar-refractivity contribution is 0.0996. The van der Waals surface area contributed by atoms with Gasteiger partial charge in [0.1, 0.15) is 17.2 Å². The first-order valence-corrected chi connectivity index (χ1v) is 8.40. The number of carbonyl (C=O) groups excluding carboxylic acids is 1. The summed E-state index contributed by atoms with van der Waals surface area (Å²) in [5.74, 6) is -3.47. The van der Waals surface area contributed by atoms with Crippen molar-refractivity contribution in [3.8, 4) is 11.5 Å². The van der Waals surface area contributed by atoms with E-state index in [4.69, 9.17) is 10.2 Å². The fraction of sp³-hybridized carbons (Fsp3) is 0. The fourth-order valence-electron chi connectivity index (χ4n) is 2.23. The molecule has 1 amide bonds. The van der Waals surface area contributed by atoms with Crippen molar-refractivity contribution in [1.82, 2.24) is 4.98 Å². The van der Waals surface area contributed by atoms with Crippen LogP contribution in [0.1, 0.15) is 10.5 Å². The Morgan fingerprint density at radius 3 is 2.26 bits per heavy atom. The molecule has 0 aliphatic heterocycles. The smallest absolute Gasteiger partial charge is 0.273 e. The highest BCUT2D eigenvalue weighted by Crippen LogP contribution is 2.31. The number of aromatic nitrogens is 1. The van der Waals surface area contributed by atoms with Crippen molar-refractivity contribution in [2.75, 3.05) is 10.0 Å². The van der Waals surface area contributed by atoms with Crippen LogP contribution in [0.15, 0.2) is 46.9 Å². The molecule has 0 aliphatic carbocycles. The SMILES string of the molecule is NC(=O)c1nc(-c2c(F)cccc2F)oc1Nc1ccc(NS(=O)[O-])cc1. The highest BCUT2D eigenvalue weighted by Gasteiger charge is 2.23.